The molecular weight excluding hydrogens is 457 g/mol. The quantitative estimate of drug-likeness (QED) is 0.283. The molecule has 9 heteroatoms. The largest absolute Gasteiger partial charge is 0.416 e. The maximum absolute atomic E-state index is 11.3. The van der Waals surface area contributed by atoms with E-state index in [1.54, 1.807) is 0 Å². The zero-order valence-electron chi connectivity index (χ0n) is 20.5. The average Bonchev–Trinajstić information content (AvgIpc) is 2.63. The van der Waals surface area contributed by atoms with Crippen molar-refractivity contribution in [2.45, 2.75) is 86.4 Å². The van der Waals surface area contributed by atoms with Gasteiger partial charge >= 0.3 is 12.4 Å². The van der Waals surface area contributed by atoms with Gasteiger partial charge in [-0.05, 0) is 41.5 Å². The molecule has 199 valence electrons. The minimum absolute atomic E-state index is 0. The highest BCUT2D eigenvalue weighted by molar-refractivity contribution is 5.75. The predicted octanol–water partition coefficient (Wildman–Crippen LogP) is 8.16. The van der Waals surface area contributed by atoms with Gasteiger partial charge in [-0.3, -0.25) is 0 Å². The molecule has 0 aromatic heterocycles. The van der Waals surface area contributed by atoms with Crippen LogP contribution in [0.2, 0.25) is 0 Å². The first-order chi connectivity index (χ1) is 14.3. The molecule has 0 aliphatic carbocycles. The molecule has 34 heavy (non-hydrogen) atoms. The molecule has 2 N–H and O–H groups in total. The van der Waals surface area contributed by atoms with Gasteiger partial charge in [0, 0.05) is 9.84 Å². The second-order valence-corrected chi connectivity index (χ2v) is 7.42. The summed E-state index contributed by atoms with van der Waals surface area (Å²) in [7, 11) is 0. The second-order valence-electron chi connectivity index (χ2n) is 7.42. The van der Waals surface area contributed by atoms with Crippen LogP contribution in [0.5, 0.6) is 0 Å². The van der Waals surface area contributed by atoms with Crippen LogP contribution in [0.4, 0.5) is 26.3 Å². The molecule has 0 aliphatic rings. The van der Waals surface area contributed by atoms with Gasteiger partial charge in [0.15, 0.2) is 11.2 Å². The number of halogens is 6. The van der Waals surface area contributed by atoms with E-state index < -0.39 is 23.6 Å². The number of hydrogen-bond acceptors (Lipinski definition) is 2. The van der Waals surface area contributed by atoms with Gasteiger partial charge < -0.3 is 10.2 Å². The zero-order valence-corrected chi connectivity index (χ0v) is 20.5. The van der Waals surface area contributed by atoms with Crippen molar-refractivity contribution in [1.29, 1.82) is 0 Å². The summed E-state index contributed by atoms with van der Waals surface area (Å²) >= 11 is 0. The Labute approximate surface area is 205 Å². The average molecular weight is 500 g/mol. The van der Waals surface area contributed by atoms with Crippen LogP contribution in [-0.4, -0.2) is 42.2 Å². The molecule has 0 saturated heterocycles. The van der Waals surface area contributed by atoms with E-state index in [0.29, 0.717) is 27.7 Å². The number of rotatable bonds is 0. The molecule has 3 radical (unpaired) electrons. The van der Waals surface area contributed by atoms with Crippen LogP contribution >= 0.6 is 0 Å². The molecule has 2 nitrogen and oxygen atoms in total. The lowest BCUT2D eigenvalue weighted by molar-refractivity contribution is -0.245. The molecule has 0 amide bonds. The van der Waals surface area contributed by atoms with E-state index in [1.807, 2.05) is 50.2 Å². The Morgan fingerprint density at radius 1 is 0.559 bits per heavy atom. The van der Waals surface area contributed by atoms with Gasteiger partial charge in [0.2, 0.25) is 0 Å². The van der Waals surface area contributed by atoms with Crippen molar-refractivity contribution in [3.05, 3.63) is 71.8 Å². The maximum atomic E-state index is 11.3. The fraction of sp³-hybridized carbons (Fsp3) is 0.520. The Balaban J connectivity index is -0.0000000760. The topological polar surface area (TPSA) is 40.5 Å². The highest BCUT2D eigenvalue weighted by Crippen LogP contribution is 2.29. The highest BCUT2D eigenvalue weighted by atomic mass is 19.4. The molecule has 0 spiro atoms. The fourth-order valence-corrected chi connectivity index (χ4v) is 1.07. The monoisotopic (exact) mass is 500 g/mol. The van der Waals surface area contributed by atoms with Crippen LogP contribution in [0.3, 0.4) is 0 Å². The van der Waals surface area contributed by atoms with Gasteiger partial charge in [-0.2, -0.15) is 26.3 Å². The summed E-state index contributed by atoms with van der Waals surface area (Å²) in [6.07, 6.45) is -9.01. The van der Waals surface area contributed by atoms with Crippen molar-refractivity contribution in [3.8, 4) is 0 Å². The molecule has 0 bridgehead atoms. The van der Waals surface area contributed by atoms with Crippen molar-refractivity contribution in [1.82, 2.24) is 0 Å². The normalized spacial score (nSPS) is 10.5. The summed E-state index contributed by atoms with van der Waals surface area (Å²) in [5.41, 5.74) is -2.48. The van der Waals surface area contributed by atoms with Crippen LogP contribution in [0.1, 0.15) is 61.5 Å². The fourth-order valence-electron chi connectivity index (χ4n) is 1.07. The molecule has 2 rings (SSSR count). The summed E-state index contributed by atoms with van der Waals surface area (Å²) < 4.78 is 67.9. The van der Waals surface area contributed by atoms with E-state index in [4.69, 9.17) is 10.2 Å². The standard InChI is InChI=1S/2C7H8.2C4H7F3O.C2H6.CH4.B.H2/c2*1-7-5-3-2-4-6-7;2*1-3(2,8)4(5,6)7;1-2;;;/h2*2-6H,1H3;2*8H,1-2H3;1-2H3;1H4;;1H/i;;;;;;;1+1. The Bertz CT molecular complexity index is 596. The number of alkyl halides is 6. The molecular formula is C25H42BF6O2. The number of aliphatic hydroxyl groups is 2. The first-order valence-electron chi connectivity index (χ1n) is 9.90. The van der Waals surface area contributed by atoms with E-state index in [2.05, 4.69) is 38.1 Å². The van der Waals surface area contributed by atoms with Crippen molar-refractivity contribution < 1.29 is 38.0 Å². The van der Waals surface area contributed by atoms with Crippen LogP contribution in [0.15, 0.2) is 60.7 Å². The summed E-state index contributed by atoms with van der Waals surface area (Å²) in [6.45, 7) is 11.0. The first-order valence-corrected chi connectivity index (χ1v) is 9.90. The minimum atomic E-state index is -4.51. The predicted molar refractivity (Wildman–Crippen MR) is 133 cm³/mol. The van der Waals surface area contributed by atoms with Gasteiger partial charge in [0.25, 0.3) is 0 Å². The van der Waals surface area contributed by atoms with E-state index >= 15 is 0 Å². The van der Waals surface area contributed by atoms with Crippen LogP contribution in [0, 0.1) is 13.8 Å². The summed E-state index contributed by atoms with van der Waals surface area (Å²) in [6, 6.07) is 20.5. The summed E-state index contributed by atoms with van der Waals surface area (Å²) in [4.78, 5) is 0. The third-order valence-corrected chi connectivity index (χ3v) is 3.27. The van der Waals surface area contributed by atoms with E-state index in [-0.39, 0.29) is 17.3 Å². The second kappa shape index (κ2) is 19.3. The molecule has 2 aromatic carbocycles. The van der Waals surface area contributed by atoms with Gasteiger partial charge in [-0.1, -0.05) is 93.1 Å². The Morgan fingerprint density at radius 2 is 0.706 bits per heavy atom. The van der Waals surface area contributed by atoms with Gasteiger partial charge in [-0.25, -0.2) is 0 Å². The van der Waals surface area contributed by atoms with E-state index in [0.717, 1.165) is 0 Å². The maximum Gasteiger partial charge on any atom is 0.416 e. The van der Waals surface area contributed by atoms with Gasteiger partial charge in [0.1, 0.15) is 0 Å². The minimum Gasteiger partial charge on any atom is -0.381 e. The molecule has 0 heterocycles. The van der Waals surface area contributed by atoms with Crippen LogP contribution in [-0.2, 0) is 0 Å². The van der Waals surface area contributed by atoms with Crippen molar-refractivity contribution in [3.63, 3.8) is 0 Å². The molecule has 0 aliphatic heterocycles. The summed E-state index contributed by atoms with van der Waals surface area (Å²) in [5, 5.41) is 16.5. The Hall–Kier alpha value is -2.00. The smallest absolute Gasteiger partial charge is 0.381 e. The molecule has 0 unspecified atom stereocenters. The van der Waals surface area contributed by atoms with Crippen molar-refractivity contribution in [2.24, 2.45) is 0 Å². The molecule has 2 aromatic rings. The van der Waals surface area contributed by atoms with Gasteiger partial charge in [-0.15, -0.1) is 0 Å². The lowest BCUT2D eigenvalue weighted by Crippen LogP contribution is -2.38. The molecule has 0 atom stereocenters. The van der Waals surface area contributed by atoms with E-state index in [9.17, 15) is 26.3 Å². The molecule has 0 saturated carbocycles. The zero-order chi connectivity index (χ0) is 26.2. The van der Waals surface area contributed by atoms with Gasteiger partial charge in [0.05, 0.1) is 0 Å². The number of hydrogen-bond donors (Lipinski definition) is 2. The third kappa shape index (κ3) is 24.6. The Morgan fingerprint density at radius 3 is 0.765 bits per heavy atom. The van der Waals surface area contributed by atoms with E-state index in [1.165, 1.54) is 11.1 Å². The number of aryl methyl sites for hydroxylation is 2. The van der Waals surface area contributed by atoms with Crippen LogP contribution < -0.4 is 0 Å². The lowest BCUT2D eigenvalue weighted by Gasteiger charge is -2.20. The molecule has 0 fully saturated rings. The van der Waals surface area contributed by atoms with Crippen molar-refractivity contribution >= 4 is 8.41 Å². The third-order valence-electron chi connectivity index (χ3n) is 3.27. The highest BCUT2D eigenvalue weighted by Gasteiger charge is 2.46. The lowest BCUT2D eigenvalue weighted by atomic mass is 10.1. The Kier molecular flexibility index (Phi) is 24.0. The SMILES string of the molecule is C.CC.CC(C)(O)C(F)(F)F.CC(C)(O)C(F)(F)F.Cc1ccccc1.Cc1ccccc1.[2HH].[B]. The number of benzene rings is 2. The van der Waals surface area contributed by atoms with Crippen molar-refractivity contribution in [2.75, 3.05) is 0 Å². The summed E-state index contributed by atoms with van der Waals surface area (Å²) in [5.74, 6) is 0. The van der Waals surface area contributed by atoms with Crippen LogP contribution in [0.25, 0.3) is 0 Å². The first kappa shape index (κ1) is 42.2.